The van der Waals surface area contributed by atoms with E-state index in [1.165, 1.54) is 44.9 Å². The molecule has 7 fully saturated rings. The third-order valence-electron chi connectivity index (χ3n) is 8.87. The van der Waals surface area contributed by atoms with Crippen molar-refractivity contribution in [2.45, 2.75) is 82.1 Å². The summed E-state index contributed by atoms with van der Waals surface area (Å²) in [5.74, 6) is 4.07. The summed E-state index contributed by atoms with van der Waals surface area (Å²) in [6.45, 7) is 0.160. The number of ether oxygens (including phenoxy) is 1. The van der Waals surface area contributed by atoms with Crippen molar-refractivity contribution in [3.8, 4) is 0 Å². The molecule has 3 N–H and O–H groups in total. The lowest BCUT2D eigenvalue weighted by molar-refractivity contribution is -0.0749. The first kappa shape index (κ1) is 16.2. The van der Waals surface area contributed by atoms with Crippen molar-refractivity contribution in [1.29, 1.82) is 0 Å². The highest BCUT2D eigenvalue weighted by atomic mass is 16.5. The Morgan fingerprint density at radius 2 is 1.73 bits per heavy atom. The fraction of sp³-hybridized carbons (Fsp3) is 0.952. The molecule has 0 spiro atoms. The molecule has 26 heavy (non-hydrogen) atoms. The molecule has 144 valence electrons. The number of amides is 2. The summed E-state index contributed by atoms with van der Waals surface area (Å²) in [5, 5.41) is 16.2. The topological polar surface area (TPSA) is 70.6 Å². The second kappa shape index (κ2) is 5.60. The van der Waals surface area contributed by atoms with Crippen molar-refractivity contribution in [3.05, 3.63) is 0 Å². The van der Waals surface area contributed by atoms with E-state index in [0.29, 0.717) is 18.4 Å². The molecule has 6 bridgehead atoms. The van der Waals surface area contributed by atoms with Crippen LogP contribution in [0.4, 0.5) is 4.79 Å². The van der Waals surface area contributed by atoms with Crippen LogP contribution in [0.3, 0.4) is 0 Å². The Morgan fingerprint density at radius 3 is 2.31 bits per heavy atom. The number of urea groups is 1. The molecular weight excluding hydrogens is 328 g/mol. The van der Waals surface area contributed by atoms with Gasteiger partial charge in [-0.05, 0) is 92.8 Å². The average Bonchev–Trinajstić information content (AvgIpc) is 3.20. The normalized spacial score (nSPS) is 53.4. The van der Waals surface area contributed by atoms with Crippen molar-refractivity contribution in [1.82, 2.24) is 10.6 Å². The Bertz CT molecular complexity index is 573. The maximum Gasteiger partial charge on any atom is 0.315 e. The van der Waals surface area contributed by atoms with Crippen molar-refractivity contribution in [2.75, 3.05) is 6.61 Å². The van der Waals surface area contributed by atoms with Crippen LogP contribution in [0.5, 0.6) is 0 Å². The maximum absolute atomic E-state index is 12.8. The molecule has 0 aromatic rings. The summed E-state index contributed by atoms with van der Waals surface area (Å²) >= 11 is 0. The molecule has 2 aliphatic heterocycles. The highest BCUT2D eigenvalue weighted by Crippen LogP contribution is 2.62. The zero-order chi connectivity index (χ0) is 17.5. The van der Waals surface area contributed by atoms with Crippen molar-refractivity contribution >= 4 is 6.03 Å². The van der Waals surface area contributed by atoms with Gasteiger partial charge in [-0.3, -0.25) is 0 Å². The molecule has 7 rings (SSSR count). The van der Waals surface area contributed by atoms with Gasteiger partial charge in [-0.25, -0.2) is 4.79 Å². The van der Waals surface area contributed by atoms with Gasteiger partial charge in [-0.2, -0.15) is 0 Å². The van der Waals surface area contributed by atoms with Crippen LogP contribution in [-0.2, 0) is 4.74 Å². The summed E-state index contributed by atoms with van der Waals surface area (Å²) in [6.07, 6.45) is 11.6. The minimum absolute atomic E-state index is 0.0301. The Kier molecular flexibility index (Phi) is 3.48. The zero-order valence-electron chi connectivity index (χ0n) is 15.5. The molecule has 2 heterocycles. The minimum Gasteiger partial charge on any atom is -0.396 e. The number of carbonyl (C=O) groups excluding carboxylic acids is 1. The van der Waals surface area contributed by atoms with Crippen LogP contribution in [0.1, 0.15) is 57.8 Å². The van der Waals surface area contributed by atoms with E-state index < -0.39 is 0 Å². The van der Waals surface area contributed by atoms with E-state index in [-0.39, 0.29) is 36.2 Å². The number of fused-ring (bicyclic) bond motifs is 5. The van der Waals surface area contributed by atoms with Crippen LogP contribution >= 0.6 is 0 Å². The SMILES string of the molecule is O=C(NC(CCO)C12CC3CC(CC(C3)C1)C2)N[C@@H]1C[C@@H]2O[C@H]1[C@H]1C[C@H]12. The Labute approximate surface area is 155 Å². The van der Waals surface area contributed by atoms with Crippen LogP contribution in [0.25, 0.3) is 0 Å². The second-order valence-corrected chi connectivity index (χ2v) is 10.5. The van der Waals surface area contributed by atoms with E-state index in [0.717, 1.165) is 30.1 Å². The van der Waals surface area contributed by atoms with Crippen LogP contribution in [0, 0.1) is 35.0 Å². The summed E-state index contributed by atoms with van der Waals surface area (Å²) in [6, 6.07) is 0.279. The molecule has 0 aromatic heterocycles. The minimum atomic E-state index is -0.0301. The Balaban J connectivity index is 1.14. The molecule has 6 atom stereocenters. The molecule has 5 aliphatic carbocycles. The van der Waals surface area contributed by atoms with Gasteiger partial charge in [0.25, 0.3) is 0 Å². The summed E-state index contributed by atoms with van der Waals surface area (Å²) in [7, 11) is 0. The molecule has 2 amide bonds. The number of hydrogen-bond donors (Lipinski definition) is 3. The maximum atomic E-state index is 12.8. The summed E-state index contributed by atoms with van der Waals surface area (Å²) in [4.78, 5) is 12.8. The lowest BCUT2D eigenvalue weighted by Crippen LogP contribution is -2.59. The molecule has 5 saturated carbocycles. The van der Waals surface area contributed by atoms with Gasteiger partial charge in [0.1, 0.15) is 0 Å². The van der Waals surface area contributed by atoms with Gasteiger partial charge >= 0.3 is 6.03 Å². The molecule has 5 nitrogen and oxygen atoms in total. The van der Waals surface area contributed by atoms with Gasteiger partial charge in [0.2, 0.25) is 0 Å². The first-order valence-electron chi connectivity index (χ1n) is 11.0. The van der Waals surface area contributed by atoms with Crippen LogP contribution in [-0.4, -0.2) is 42.0 Å². The van der Waals surface area contributed by atoms with Crippen molar-refractivity contribution in [2.24, 2.45) is 35.0 Å². The predicted molar refractivity (Wildman–Crippen MR) is 96.4 cm³/mol. The third kappa shape index (κ3) is 2.39. The third-order valence-corrected chi connectivity index (χ3v) is 8.87. The van der Waals surface area contributed by atoms with E-state index in [4.69, 9.17) is 4.74 Å². The summed E-state index contributed by atoms with van der Waals surface area (Å²) < 4.78 is 6.02. The monoisotopic (exact) mass is 360 g/mol. The molecule has 7 aliphatic rings. The molecule has 0 radical (unpaired) electrons. The number of hydrogen-bond acceptors (Lipinski definition) is 3. The fourth-order valence-corrected chi connectivity index (χ4v) is 8.23. The molecule has 5 heteroatoms. The van der Waals surface area contributed by atoms with Gasteiger partial charge < -0.3 is 20.5 Å². The number of carbonyl (C=O) groups is 1. The highest BCUT2D eigenvalue weighted by Gasteiger charge is 2.63. The van der Waals surface area contributed by atoms with Crippen LogP contribution < -0.4 is 10.6 Å². The number of nitrogens with one attached hydrogen (secondary N) is 2. The number of aliphatic hydroxyl groups is 1. The van der Waals surface area contributed by atoms with Gasteiger partial charge in [-0.1, -0.05) is 0 Å². The first-order chi connectivity index (χ1) is 12.6. The average molecular weight is 360 g/mol. The zero-order valence-corrected chi connectivity index (χ0v) is 15.5. The van der Waals surface area contributed by atoms with Crippen molar-refractivity contribution in [3.63, 3.8) is 0 Å². The van der Waals surface area contributed by atoms with Gasteiger partial charge in [-0.15, -0.1) is 0 Å². The molecule has 1 unspecified atom stereocenters. The Morgan fingerprint density at radius 1 is 1.04 bits per heavy atom. The van der Waals surface area contributed by atoms with Crippen LogP contribution in [0.2, 0.25) is 0 Å². The van der Waals surface area contributed by atoms with Crippen molar-refractivity contribution < 1.29 is 14.6 Å². The van der Waals surface area contributed by atoms with E-state index in [1.807, 2.05) is 0 Å². The van der Waals surface area contributed by atoms with Gasteiger partial charge in [0.15, 0.2) is 0 Å². The van der Waals surface area contributed by atoms with E-state index in [1.54, 1.807) is 0 Å². The predicted octanol–water partition coefficient (Wildman–Crippen LogP) is 2.43. The van der Waals surface area contributed by atoms with Crippen LogP contribution in [0.15, 0.2) is 0 Å². The molecular formula is C21H32N2O3. The lowest BCUT2D eigenvalue weighted by Gasteiger charge is -2.59. The fourth-order valence-electron chi connectivity index (χ4n) is 8.23. The standard InChI is InChI=1S/C21H32N2O3/c24-2-1-18(21-8-11-3-12(9-21)5-13(4-11)10-21)23-20(25)22-16-7-17-14-6-15(14)19(16)26-17/h11-19,24H,1-10H2,(H2,22,23,25)/t11?,12?,13?,14-,15+,16-,17+,18?,19+,21?/m1/s1. The van der Waals surface area contributed by atoms with Gasteiger partial charge in [0.05, 0.1) is 18.2 Å². The second-order valence-electron chi connectivity index (χ2n) is 10.5. The smallest absolute Gasteiger partial charge is 0.315 e. The lowest BCUT2D eigenvalue weighted by atomic mass is 9.47. The number of aliphatic hydroxyl groups excluding tert-OH is 1. The highest BCUT2D eigenvalue weighted by molar-refractivity contribution is 5.75. The summed E-state index contributed by atoms with van der Waals surface area (Å²) in [5.41, 5.74) is 0.238. The number of rotatable bonds is 5. The van der Waals surface area contributed by atoms with E-state index in [2.05, 4.69) is 10.6 Å². The largest absolute Gasteiger partial charge is 0.396 e. The van der Waals surface area contributed by atoms with E-state index >= 15 is 0 Å². The molecule has 2 saturated heterocycles. The van der Waals surface area contributed by atoms with E-state index in [9.17, 15) is 9.90 Å². The van der Waals surface area contributed by atoms with Gasteiger partial charge in [0, 0.05) is 12.6 Å². The molecule has 0 aromatic carbocycles. The quantitative estimate of drug-likeness (QED) is 0.705. The Hall–Kier alpha value is -0.810. The first-order valence-corrected chi connectivity index (χ1v) is 11.0.